The molecule has 0 bridgehead atoms. The molecule has 0 unspecified atom stereocenters. The van der Waals surface area contributed by atoms with Gasteiger partial charge in [-0.3, -0.25) is 9.36 Å². The Labute approximate surface area is 209 Å². The van der Waals surface area contributed by atoms with Gasteiger partial charge >= 0.3 is 0 Å². The van der Waals surface area contributed by atoms with Crippen LogP contribution in [0, 0.1) is 0 Å². The van der Waals surface area contributed by atoms with Crippen molar-refractivity contribution in [3.8, 4) is 11.1 Å². The lowest BCUT2D eigenvalue weighted by Gasteiger charge is -2.34. The van der Waals surface area contributed by atoms with Crippen molar-refractivity contribution >= 4 is 48.6 Å². The second kappa shape index (κ2) is 9.49. The van der Waals surface area contributed by atoms with E-state index in [0.29, 0.717) is 62.5 Å². The molecule has 4 rings (SSSR count). The Bertz CT molecular complexity index is 1520. The highest BCUT2D eigenvalue weighted by atomic mass is 35.5. The van der Waals surface area contributed by atoms with Crippen molar-refractivity contribution in [1.29, 1.82) is 0 Å². The summed E-state index contributed by atoms with van der Waals surface area (Å²) in [6.07, 6.45) is 5.28. The van der Waals surface area contributed by atoms with Crippen LogP contribution in [-0.2, 0) is 27.1 Å². The molecule has 0 atom stereocenters. The van der Waals surface area contributed by atoms with Crippen LogP contribution in [0.4, 0.5) is 5.95 Å². The van der Waals surface area contributed by atoms with Crippen LogP contribution in [-0.4, -0.2) is 59.7 Å². The molecule has 0 saturated heterocycles. The molecule has 188 valence electrons. The van der Waals surface area contributed by atoms with Crippen LogP contribution in [0.3, 0.4) is 0 Å². The molecule has 2 heterocycles. The quantitative estimate of drug-likeness (QED) is 0.505. The highest BCUT2D eigenvalue weighted by Crippen LogP contribution is 2.29. The second-order valence-corrected chi connectivity index (χ2v) is 13.1. The van der Waals surface area contributed by atoms with Gasteiger partial charge in [0.05, 0.1) is 12.5 Å². The lowest BCUT2D eigenvalue weighted by molar-refractivity contribution is 0.316. The molecule has 35 heavy (non-hydrogen) atoms. The van der Waals surface area contributed by atoms with Crippen molar-refractivity contribution in [2.45, 2.75) is 37.8 Å². The Balaban J connectivity index is 1.55. The van der Waals surface area contributed by atoms with E-state index in [4.69, 9.17) is 11.6 Å². The Morgan fingerprint density at radius 3 is 2.26 bits per heavy atom. The lowest BCUT2D eigenvalue weighted by atomic mass is 9.92. The molecule has 0 spiro atoms. The van der Waals surface area contributed by atoms with Crippen molar-refractivity contribution in [3.63, 3.8) is 0 Å². The van der Waals surface area contributed by atoms with Gasteiger partial charge in [0, 0.05) is 46.9 Å². The van der Waals surface area contributed by atoms with E-state index in [1.54, 1.807) is 37.5 Å². The largest absolute Gasteiger partial charge is 0.351 e. The minimum atomic E-state index is -3.90. The fraction of sp³-hybridized carbons (Fsp3) is 0.409. The first-order valence-corrected chi connectivity index (χ1v) is 15.0. The van der Waals surface area contributed by atoms with E-state index < -0.39 is 26.1 Å². The summed E-state index contributed by atoms with van der Waals surface area (Å²) in [6.45, 7) is 0. The van der Waals surface area contributed by atoms with E-state index >= 15 is 0 Å². The lowest BCUT2D eigenvalue weighted by Crippen LogP contribution is -2.46. The smallest absolute Gasteiger partial charge is 0.259 e. The number of sulfonamides is 2. The predicted octanol–water partition coefficient (Wildman–Crippen LogP) is 2.59. The van der Waals surface area contributed by atoms with E-state index in [9.17, 15) is 21.6 Å². The molecule has 1 aliphatic carbocycles. The summed E-state index contributed by atoms with van der Waals surface area (Å²) >= 11 is 6.29. The van der Waals surface area contributed by atoms with Crippen LogP contribution in [0.5, 0.6) is 0 Å². The molecular formula is C22H26ClN5O5S2. The minimum absolute atomic E-state index is 0.0657. The molecule has 1 fully saturated rings. The number of benzene rings is 1. The summed E-state index contributed by atoms with van der Waals surface area (Å²) in [4.78, 5) is 21.9. The van der Waals surface area contributed by atoms with Gasteiger partial charge in [-0.15, -0.1) is 0 Å². The molecule has 1 N–H and O–H groups in total. The Hall–Kier alpha value is -2.54. The number of aryl methyl sites for hydroxylation is 1. The molecule has 0 amide bonds. The monoisotopic (exact) mass is 539 g/mol. The second-order valence-electron chi connectivity index (χ2n) is 8.78. The first-order chi connectivity index (χ1) is 16.4. The Morgan fingerprint density at radius 1 is 1.03 bits per heavy atom. The molecule has 1 aromatic carbocycles. The van der Waals surface area contributed by atoms with Crippen molar-refractivity contribution in [2.75, 3.05) is 17.8 Å². The van der Waals surface area contributed by atoms with Gasteiger partial charge in [-0.2, -0.15) is 4.98 Å². The van der Waals surface area contributed by atoms with Crippen molar-refractivity contribution < 1.29 is 16.8 Å². The van der Waals surface area contributed by atoms with E-state index in [2.05, 4.69) is 15.3 Å². The number of anilines is 1. The molecule has 2 aromatic heterocycles. The number of aromatic nitrogens is 3. The summed E-state index contributed by atoms with van der Waals surface area (Å²) in [7, 11) is -6.16. The molecule has 0 aliphatic heterocycles. The maximum atomic E-state index is 13.0. The summed E-state index contributed by atoms with van der Waals surface area (Å²) in [5.74, 6) is 0.338. The molecule has 10 nitrogen and oxygen atoms in total. The van der Waals surface area contributed by atoms with Gasteiger partial charge in [-0.1, -0.05) is 33.5 Å². The van der Waals surface area contributed by atoms with Crippen molar-refractivity contribution in [1.82, 2.24) is 18.2 Å². The fourth-order valence-electron chi connectivity index (χ4n) is 4.59. The maximum absolute atomic E-state index is 13.0. The van der Waals surface area contributed by atoms with Crippen LogP contribution in [0.1, 0.15) is 25.7 Å². The number of nitrogens with one attached hydrogen (secondary N) is 1. The van der Waals surface area contributed by atoms with E-state index in [0.717, 1.165) is 12.5 Å². The van der Waals surface area contributed by atoms with Crippen LogP contribution < -0.4 is 10.9 Å². The minimum Gasteiger partial charge on any atom is -0.351 e. The topological polar surface area (TPSA) is 131 Å². The van der Waals surface area contributed by atoms with Crippen LogP contribution in [0.15, 0.2) is 41.3 Å². The van der Waals surface area contributed by atoms with Gasteiger partial charge < -0.3 is 5.32 Å². The van der Waals surface area contributed by atoms with Gasteiger partial charge in [-0.05, 0) is 37.8 Å². The number of hydrogen-bond donors (Lipinski definition) is 1. The summed E-state index contributed by atoms with van der Waals surface area (Å²) in [5, 5.41) is 4.39. The average Bonchev–Trinajstić information content (AvgIpc) is 2.76. The maximum Gasteiger partial charge on any atom is 0.259 e. The van der Waals surface area contributed by atoms with Crippen LogP contribution in [0.2, 0.25) is 5.02 Å². The third kappa shape index (κ3) is 5.35. The van der Waals surface area contributed by atoms with Crippen LogP contribution >= 0.6 is 11.6 Å². The molecule has 1 aliphatic rings. The van der Waals surface area contributed by atoms with Gasteiger partial charge in [0.25, 0.3) is 5.56 Å². The van der Waals surface area contributed by atoms with Gasteiger partial charge in [-0.25, -0.2) is 21.8 Å². The number of fused-ring (bicyclic) bond motifs is 1. The van der Waals surface area contributed by atoms with Gasteiger partial charge in [0.1, 0.15) is 5.65 Å². The van der Waals surface area contributed by atoms with Gasteiger partial charge in [0.2, 0.25) is 26.0 Å². The van der Waals surface area contributed by atoms with Crippen LogP contribution in [0.25, 0.3) is 22.2 Å². The highest BCUT2D eigenvalue weighted by molar-refractivity contribution is 8.03. The fourth-order valence-corrected chi connectivity index (χ4v) is 8.30. The number of hydrogen-bond acceptors (Lipinski definition) is 8. The Kier molecular flexibility index (Phi) is 6.93. The zero-order valence-corrected chi connectivity index (χ0v) is 21.9. The number of halogens is 1. The first-order valence-electron chi connectivity index (χ1n) is 10.9. The van der Waals surface area contributed by atoms with E-state index in [1.165, 1.54) is 4.57 Å². The third-order valence-electron chi connectivity index (χ3n) is 6.09. The number of rotatable bonds is 6. The molecule has 0 radical (unpaired) electrons. The Morgan fingerprint density at radius 2 is 1.66 bits per heavy atom. The van der Waals surface area contributed by atoms with Crippen molar-refractivity contribution in [3.05, 3.63) is 51.9 Å². The third-order valence-corrected chi connectivity index (χ3v) is 9.95. The van der Waals surface area contributed by atoms with Crippen molar-refractivity contribution in [2.24, 2.45) is 7.05 Å². The number of nitrogens with zero attached hydrogens (tertiary/aromatic N) is 4. The van der Waals surface area contributed by atoms with E-state index in [-0.39, 0.29) is 11.6 Å². The molecule has 13 heteroatoms. The summed E-state index contributed by atoms with van der Waals surface area (Å²) < 4.78 is 50.2. The summed E-state index contributed by atoms with van der Waals surface area (Å²) in [5.41, 5.74) is 1.30. The standard InChI is InChI=1S/C22H26ClN5O5S2/c1-27-20-14(12-18(21(27)29)17-6-4-5-7-19(17)23)13-24-22(26-20)25-15-8-10-16(11-9-15)28(34(2,30)31)35(3,32)33/h4-7,12-13,15-16H,8-11H2,1-3H3,(H,24,25,26)/t15-,16-. The first kappa shape index (κ1) is 25.5. The van der Waals surface area contributed by atoms with E-state index in [1.807, 2.05) is 6.07 Å². The molecule has 3 aromatic rings. The zero-order chi connectivity index (χ0) is 25.5. The SMILES string of the molecule is Cn1c(=O)c(-c2ccccc2Cl)cc2cnc(N[C@H]3CC[C@H](N(S(C)(=O)=O)S(C)(=O)=O)CC3)nc21. The summed E-state index contributed by atoms with van der Waals surface area (Å²) in [6, 6.07) is 8.17. The molecule has 1 saturated carbocycles. The predicted molar refractivity (Wildman–Crippen MR) is 136 cm³/mol. The normalized spacial score (nSPS) is 19.2. The number of pyridine rings is 1. The molecular weight excluding hydrogens is 514 g/mol. The highest BCUT2D eigenvalue weighted by Gasteiger charge is 2.37. The average molecular weight is 540 g/mol. The van der Waals surface area contributed by atoms with Gasteiger partial charge in [0.15, 0.2) is 0 Å². The zero-order valence-electron chi connectivity index (χ0n) is 19.5.